The number of anilines is 1. The molecular formula is C14H18N2O2. The Kier molecular flexibility index (Phi) is 5.59. The Morgan fingerprint density at radius 3 is 2.94 bits per heavy atom. The van der Waals surface area contributed by atoms with Crippen LogP contribution >= 0.6 is 0 Å². The number of urea groups is 1. The Morgan fingerprint density at radius 2 is 2.33 bits per heavy atom. The molecule has 2 N–H and O–H groups in total. The van der Waals surface area contributed by atoms with Crippen molar-refractivity contribution in [1.82, 2.24) is 5.32 Å². The third-order valence-corrected chi connectivity index (χ3v) is 2.52. The summed E-state index contributed by atoms with van der Waals surface area (Å²) in [5.74, 6) is 3.24. The van der Waals surface area contributed by atoms with Gasteiger partial charge in [0.2, 0.25) is 0 Å². The second-order valence-corrected chi connectivity index (χ2v) is 3.84. The lowest BCUT2D eigenvalue weighted by atomic mass is 10.1. The van der Waals surface area contributed by atoms with Gasteiger partial charge in [-0.1, -0.05) is 13.0 Å². The fourth-order valence-electron chi connectivity index (χ4n) is 1.49. The number of carbonyl (C=O) groups excluding carboxylic acids is 1. The quantitative estimate of drug-likeness (QED) is 0.785. The van der Waals surface area contributed by atoms with Crippen LogP contribution in [-0.4, -0.2) is 19.2 Å². The number of carbonyl (C=O) groups is 1. The molecule has 0 aliphatic carbocycles. The Balaban J connectivity index is 2.56. The van der Waals surface area contributed by atoms with Gasteiger partial charge in [-0.2, -0.15) is 0 Å². The number of rotatable bonds is 5. The van der Waals surface area contributed by atoms with E-state index in [1.807, 2.05) is 19.1 Å². The third-order valence-electron chi connectivity index (χ3n) is 2.52. The number of hydrogen-bond donors (Lipinski definition) is 2. The summed E-state index contributed by atoms with van der Waals surface area (Å²) in [5, 5.41) is 5.56. The van der Waals surface area contributed by atoms with Gasteiger partial charge in [0.1, 0.15) is 5.75 Å². The van der Waals surface area contributed by atoms with Crippen LogP contribution in [0.4, 0.5) is 10.5 Å². The van der Waals surface area contributed by atoms with Crippen LogP contribution in [0, 0.1) is 12.3 Å². The molecule has 1 unspecified atom stereocenters. The van der Waals surface area contributed by atoms with Crippen molar-refractivity contribution in [3.8, 4) is 18.1 Å². The Bertz CT molecular complexity index is 438. The molecule has 4 heteroatoms. The van der Waals surface area contributed by atoms with E-state index in [0.717, 1.165) is 6.42 Å². The molecule has 0 aromatic heterocycles. The van der Waals surface area contributed by atoms with E-state index >= 15 is 0 Å². The van der Waals surface area contributed by atoms with Crippen molar-refractivity contribution >= 4 is 11.7 Å². The van der Waals surface area contributed by atoms with Gasteiger partial charge < -0.3 is 15.4 Å². The van der Waals surface area contributed by atoms with Crippen LogP contribution in [0.5, 0.6) is 5.75 Å². The molecule has 96 valence electrons. The zero-order valence-corrected chi connectivity index (χ0v) is 10.7. The summed E-state index contributed by atoms with van der Waals surface area (Å²) in [5.41, 5.74) is 0.683. The first-order valence-electron chi connectivity index (χ1n) is 5.84. The van der Waals surface area contributed by atoms with Crippen molar-refractivity contribution in [1.29, 1.82) is 0 Å². The molecular weight excluding hydrogens is 228 g/mol. The van der Waals surface area contributed by atoms with E-state index in [-0.39, 0.29) is 12.1 Å². The molecule has 0 saturated heterocycles. The van der Waals surface area contributed by atoms with Crippen molar-refractivity contribution in [2.24, 2.45) is 0 Å². The van der Waals surface area contributed by atoms with Crippen LogP contribution in [0.15, 0.2) is 24.3 Å². The average Bonchev–Trinajstić information content (AvgIpc) is 2.38. The Hall–Kier alpha value is -2.15. The molecule has 0 heterocycles. The van der Waals surface area contributed by atoms with Crippen LogP contribution in [0.25, 0.3) is 0 Å². The highest BCUT2D eigenvalue weighted by Crippen LogP contribution is 2.16. The number of ether oxygens (including phenoxy) is 1. The molecule has 4 nitrogen and oxygen atoms in total. The summed E-state index contributed by atoms with van der Waals surface area (Å²) in [6, 6.07) is 6.92. The van der Waals surface area contributed by atoms with Crippen LogP contribution in [0.2, 0.25) is 0 Å². The lowest BCUT2D eigenvalue weighted by molar-refractivity contribution is 0.248. The van der Waals surface area contributed by atoms with E-state index < -0.39 is 0 Å². The summed E-state index contributed by atoms with van der Waals surface area (Å²) >= 11 is 0. The number of methoxy groups -OCH3 is 1. The first-order valence-corrected chi connectivity index (χ1v) is 5.84. The molecule has 1 aromatic rings. The van der Waals surface area contributed by atoms with Crippen LogP contribution < -0.4 is 15.4 Å². The molecule has 18 heavy (non-hydrogen) atoms. The van der Waals surface area contributed by atoms with Crippen molar-refractivity contribution in [2.45, 2.75) is 25.8 Å². The van der Waals surface area contributed by atoms with Gasteiger partial charge in [0.15, 0.2) is 0 Å². The molecule has 0 aliphatic heterocycles. The SMILES string of the molecule is C#CCC(CC)NC(=O)Nc1cccc(OC)c1. The second-order valence-electron chi connectivity index (χ2n) is 3.84. The number of hydrogen-bond acceptors (Lipinski definition) is 2. The molecule has 0 saturated carbocycles. The van der Waals surface area contributed by atoms with Crippen LogP contribution in [-0.2, 0) is 0 Å². The topological polar surface area (TPSA) is 50.4 Å². The minimum atomic E-state index is -0.259. The summed E-state index contributed by atoms with van der Waals surface area (Å²) in [6.07, 6.45) is 6.56. The van der Waals surface area contributed by atoms with Crippen LogP contribution in [0.3, 0.4) is 0 Å². The molecule has 0 aliphatic rings. The molecule has 2 amide bonds. The van der Waals surface area contributed by atoms with Gasteiger partial charge in [-0.3, -0.25) is 0 Å². The summed E-state index contributed by atoms with van der Waals surface area (Å²) < 4.78 is 5.08. The van der Waals surface area contributed by atoms with Gasteiger partial charge in [-0.25, -0.2) is 4.79 Å². The van der Waals surface area contributed by atoms with E-state index in [1.54, 1.807) is 19.2 Å². The highest BCUT2D eigenvalue weighted by Gasteiger charge is 2.09. The molecule has 1 rings (SSSR count). The predicted octanol–water partition coefficient (Wildman–Crippen LogP) is 2.62. The van der Waals surface area contributed by atoms with Crippen molar-refractivity contribution in [3.05, 3.63) is 24.3 Å². The number of amides is 2. The standard InChI is InChI=1S/C14H18N2O2/c1-4-7-11(5-2)15-14(17)16-12-8-6-9-13(10-12)18-3/h1,6,8-11H,5,7H2,2-3H3,(H2,15,16,17). The smallest absolute Gasteiger partial charge is 0.319 e. The van der Waals surface area contributed by atoms with Gasteiger partial charge in [0.05, 0.1) is 7.11 Å². The minimum Gasteiger partial charge on any atom is -0.497 e. The lowest BCUT2D eigenvalue weighted by Gasteiger charge is -2.15. The third kappa shape index (κ3) is 4.38. The molecule has 1 atom stereocenters. The van der Waals surface area contributed by atoms with Crippen molar-refractivity contribution in [3.63, 3.8) is 0 Å². The Labute approximate surface area is 108 Å². The van der Waals surface area contributed by atoms with Gasteiger partial charge in [-0.15, -0.1) is 12.3 Å². The van der Waals surface area contributed by atoms with E-state index in [4.69, 9.17) is 11.2 Å². The number of nitrogens with one attached hydrogen (secondary N) is 2. The minimum absolute atomic E-state index is 0.000563. The van der Waals surface area contributed by atoms with Crippen molar-refractivity contribution in [2.75, 3.05) is 12.4 Å². The summed E-state index contributed by atoms with van der Waals surface area (Å²) in [7, 11) is 1.58. The lowest BCUT2D eigenvalue weighted by Crippen LogP contribution is -2.37. The second kappa shape index (κ2) is 7.23. The van der Waals surface area contributed by atoms with Crippen LogP contribution in [0.1, 0.15) is 19.8 Å². The van der Waals surface area contributed by atoms with Crippen molar-refractivity contribution < 1.29 is 9.53 Å². The highest BCUT2D eigenvalue weighted by molar-refractivity contribution is 5.89. The van der Waals surface area contributed by atoms with E-state index in [9.17, 15) is 4.79 Å². The zero-order chi connectivity index (χ0) is 13.4. The summed E-state index contributed by atoms with van der Waals surface area (Å²) in [4.78, 5) is 11.7. The fourth-order valence-corrected chi connectivity index (χ4v) is 1.49. The van der Waals surface area contributed by atoms with E-state index in [2.05, 4.69) is 16.6 Å². The highest BCUT2D eigenvalue weighted by atomic mass is 16.5. The maximum atomic E-state index is 11.7. The molecule has 0 bridgehead atoms. The van der Waals surface area contributed by atoms with Gasteiger partial charge in [-0.05, 0) is 18.6 Å². The van der Waals surface area contributed by atoms with Gasteiger partial charge in [0.25, 0.3) is 0 Å². The van der Waals surface area contributed by atoms with Gasteiger partial charge in [0, 0.05) is 24.2 Å². The molecule has 0 fully saturated rings. The van der Waals surface area contributed by atoms with E-state index in [0.29, 0.717) is 17.9 Å². The van der Waals surface area contributed by atoms with E-state index in [1.165, 1.54) is 0 Å². The zero-order valence-electron chi connectivity index (χ0n) is 10.7. The number of terminal acetylenes is 1. The summed E-state index contributed by atoms with van der Waals surface area (Å²) in [6.45, 7) is 1.98. The molecule has 0 radical (unpaired) electrons. The normalized spacial score (nSPS) is 11.2. The first kappa shape index (κ1) is 13.9. The molecule has 1 aromatic carbocycles. The largest absolute Gasteiger partial charge is 0.497 e. The maximum absolute atomic E-state index is 11.7. The number of benzene rings is 1. The monoisotopic (exact) mass is 246 g/mol. The fraction of sp³-hybridized carbons (Fsp3) is 0.357. The van der Waals surface area contributed by atoms with Gasteiger partial charge >= 0.3 is 6.03 Å². The maximum Gasteiger partial charge on any atom is 0.319 e. The Morgan fingerprint density at radius 1 is 1.56 bits per heavy atom. The predicted molar refractivity (Wildman–Crippen MR) is 72.7 cm³/mol. The first-order chi connectivity index (χ1) is 8.69. The molecule has 0 spiro atoms. The average molecular weight is 246 g/mol.